The first-order chi connectivity index (χ1) is 11.6. The Morgan fingerprint density at radius 3 is 2.79 bits per heavy atom. The van der Waals surface area contributed by atoms with Gasteiger partial charge in [0, 0.05) is 17.8 Å². The van der Waals surface area contributed by atoms with Gasteiger partial charge in [-0.15, -0.1) is 0 Å². The van der Waals surface area contributed by atoms with E-state index in [1.54, 1.807) is 25.1 Å². The van der Waals surface area contributed by atoms with Crippen LogP contribution in [0.15, 0.2) is 30.3 Å². The summed E-state index contributed by atoms with van der Waals surface area (Å²) in [5, 5.41) is 12.1. The largest absolute Gasteiger partial charge is 0.463 e. The number of ether oxygens (including phenoxy) is 1. The molecule has 1 amide bonds. The van der Waals surface area contributed by atoms with E-state index in [1.165, 1.54) is 6.08 Å². The lowest BCUT2D eigenvalue weighted by Crippen LogP contribution is -2.38. The highest BCUT2D eigenvalue weighted by Crippen LogP contribution is 2.16. The first-order valence-electron chi connectivity index (χ1n) is 8.22. The zero-order chi connectivity index (χ0) is 17.4. The molecule has 130 valence electrons. The van der Waals surface area contributed by atoms with Crippen molar-refractivity contribution in [3.05, 3.63) is 35.9 Å². The second kappa shape index (κ2) is 9.20. The van der Waals surface area contributed by atoms with Crippen molar-refractivity contribution in [3.8, 4) is 0 Å². The maximum absolute atomic E-state index is 12.1. The molecule has 0 aliphatic carbocycles. The number of hydrogen-bond acceptors (Lipinski definition) is 5. The van der Waals surface area contributed by atoms with Crippen LogP contribution in [0.5, 0.6) is 0 Å². The molecule has 1 aliphatic rings. The molecule has 0 radical (unpaired) electrons. The standard InChI is InChI=1S/C18H24N2O4/c1-2-24-18(23)10-7-14-5-8-15(9-6-14)19-17(22)12-20-11-3-4-16(20)13-21/h5-10,16,21H,2-4,11-13H2,1H3,(H,19,22)/b10-7+/t16-/m0/s1. The summed E-state index contributed by atoms with van der Waals surface area (Å²) < 4.78 is 4.82. The van der Waals surface area contributed by atoms with Crippen LogP contribution in [-0.2, 0) is 14.3 Å². The molecular formula is C18H24N2O4. The van der Waals surface area contributed by atoms with E-state index < -0.39 is 0 Å². The number of hydrogen-bond donors (Lipinski definition) is 2. The molecule has 1 fully saturated rings. The number of aliphatic hydroxyl groups excluding tert-OH is 1. The number of carbonyl (C=O) groups excluding carboxylic acids is 2. The zero-order valence-corrected chi connectivity index (χ0v) is 13.9. The second-order valence-corrected chi connectivity index (χ2v) is 5.70. The lowest BCUT2D eigenvalue weighted by molar-refractivity contribution is -0.137. The molecule has 6 heteroatoms. The number of likely N-dealkylation sites (tertiary alicyclic amines) is 1. The van der Waals surface area contributed by atoms with E-state index in [9.17, 15) is 14.7 Å². The molecule has 0 saturated carbocycles. The second-order valence-electron chi connectivity index (χ2n) is 5.70. The quantitative estimate of drug-likeness (QED) is 0.586. The number of rotatable bonds is 7. The molecule has 0 unspecified atom stereocenters. The minimum atomic E-state index is -0.376. The average molecular weight is 332 g/mol. The van der Waals surface area contributed by atoms with Crippen LogP contribution >= 0.6 is 0 Å². The van der Waals surface area contributed by atoms with Crippen LogP contribution in [0.1, 0.15) is 25.3 Å². The van der Waals surface area contributed by atoms with E-state index >= 15 is 0 Å². The predicted octanol–water partition coefficient (Wildman–Crippen LogP) is 1.66. The van der Waals surface area contributed by atoms with Gasteiger partial charge in [0.25, 0.3) is 0 Å². The molecule has 1 aromatic carbocycles. The molecule has 6 nitrogen and oxygen atoms in total. The van der Waals surface area contributed by atoms with Crippen LogP contribution in [0.3, 0.4) is 0 Å². The number of carbonyl (C=O) groups is 2. The van der Waals surface area contributed by atoms with Crippen LogP contribution in [0.2, 0.25) is 0 Å². The first-order valence-corrected chi connectivity index (χ1v) is 8.22. The Kier molecular flexibility index (Phi) is 6.96. The third kappa shape index (κ3) is 5.47. The summed E-state index contributed by atoms with van der Waals surface area (Å²) in [5.41, 5.74) is 1.55. The smallest absolute Gasteiger partial charge is 0.330 e. The number of anilines is 1. The number of aliphatic hydroxyl groups is 1. The number of nitrogens with one attached hydrogen (secondary N) is 1. The summed E-state index contributed by atoms with van der Waals surface area (Å²) in [6.45, 7) is 3.33. The topological polar surface area (TPSA) is 78.9 Å². The van der Waals surface area contributed by atoms with E-state index in [4.69, 9.17) is 4.74 Å². The van der Waals surface area contributed by atoms with Crippen molar-refractivity contribution in [2.24, 2.45) is 0 Å². The van der Waals surface area contributed by atoms with E-state index in [0.717, 1.165) is 24.9 Å². The van der Waals surface area contributed by atoms with Crippen molar-refractivity contribution in [1.82, 2.24) is 4.90 Å². The number of esters is 1. The summed E-state index contributed by atoms with van der Waals surface area (Å²) in [6, 6.07) is 7.30. The first kappa shape index (κ1) is 18.2. The Balaban J connectivity index is 1.84. The molecule has 1 atom stereocenters. The third-order valence-corrected chi connectivity index (χ3v) is 3.95. The molecule has 0 bridgehead atoms. The van der Waals surface area contributed by atoms with Gasteiger partial charge in [-0.2, -0.15) is 0 Å². The van der Waals surface area contributed by atoms with Gasteiger partial charge < -0.3 is 15.2 Å². The average Bonchev–Trinajstić information content (AvgIpc) is 3.01. The van der Waals surface area contributed by atoms with Crippen LogP contribution in [0.25, 0.3) is 6.08 Å². The van der Waals surface area contributed by atoms with E-state index in [2.05, 4.69) is 5.32 Å². The number of amides is 1. The summed E-state index contributed by atoms with van der Waals surface area (Å²) in [5.74, 6) is -0.468. The summed E-state index contributed by atoms with van der Waals surface area (Å²) >= 11 is 0. The molecule has 2 rings (SSSR count). The van der Waals surface area contributed by atoms with E-state index in [0.29, 0.717) is 12.3 Å². The molecule has 24 heavy (non-hydrogen) atoms. The molecule has 2 N–H and O–H groups in total. The van der Waals surface area contributed by atoms with Gasteiger partial charge in [0.1, 0.15) is 0 Å². The van der Waals surface area contributed by atoms with E-state index in [-0.39, 0.29) is 31.1 Å². The summed E-state index contributed by atoms with van der Waals surface area (Å²) in [7, 11) is 0. The third-order valence-electron chi connectivity index (χ3n) is 3.95. The maximum Gasteiger partial charge on any atom is 0.330 e. The minimum Gasteiger partial charge on any atom is -0.463 e. The molecular weight excluding hydrogens is 308 g/mol. The lowest BCUT2D eigenvalue weighted by atomic mass is 10.2. The maximum atomic E-state index is 12.1. The van der Waals surface area contributed by atoms with Gasteiger partial charge in [-0.05, 0) is 50.1 Å². The van der Waals surface area contributed by atoms with Crippen molar-refractivity contribution in [3.63, 3.8) is 0 Å². The van der Waals surface area contributed by atoms with Crippen LogP contribution in [0.4, 0.5) is 5.69 Å². The predicted molar refractivity (Wildman–Crippen MR) is 92.4 cm³/mol. The molecule has 0 aromatic heterocycles. The van der Waals surface area contributed by atoms with Crippen molar-refractivity contribution in [1.29, 1.82) is 0 Å². The number of benzene rings is 1. The molecule has 1 aliphatic heterocycles. The van der Waals surface area contributed by atoms with Crippen molar-refractivity contribution < 1.29 is 19.4 Å². The Morgan fingerprint density at radius 1 is 1.38 bits per heavy atom. The van der Waals surface area contributed by atoms with Gasteiger partial charge >= 0.3 is 5.97 Å². The molecule has 1 saturated heterocycles. The summed E-state index contributed by atoms with van der Waals surface area (Å²) in [6.07, 6.45) is 4.99. The van der Waals surface area contributed by atoms with Gasteiger partial charge in [0.2, 0.25) is 5.91 Å². The van der Waals surface area contributed by atoms with Crippen LogP contribution in [0, 0.1) is 0 Å². The highest BCUT2D eigenvalue weighted by atomic mass is 16.5. The molecule has 1 aromatic rings. The fraction of sp³-hybridized carbons (Fsp3) is 0.444. The normalized spacial score (nSPS) is 18.0. The number of nitrogens with zero attached hydrogens (tertiary/aromatic N) is 1. The van der Waals surface area contributed by atoms with E-state index in [1.807, 2.05) is 17.0 Å². The lowest BCUT2D eigenvalue weighted by Gasteiger charge is -2.21. The Bertz CT molecular complexity index is 583. The molecule has 1 heterocycles. The van der Waals surface area contributed by atoms with Crippen LogP contribution < -0.4 is 5.32 Å². The van der Waals surface area contributed by atoms with Gasteiger partial charge in [-0.1, -0.05) is 12.1 Å². The Labute approximate surface area is 142 Å². The zero-order valence-electron chi connectivity index (χ0n) is 13.9. The van der Waals surface area contributed by atoms with Crippen molar-refractivity contribution in [2.75, 3.05) is 31.6 Å². The van der Waals surface area contributed by atoms with Crippen LogP contribution in [-0.4, -0.2) is 54.2 Å². The van der Waals surface area contributed by atoms with Gasteiger partial charge in [-0.25, -0.2) is 4.79 Å². The SMILES string of the molecule is CCOC(=O)/C=C/c1ccc(NC(=O)CN2CCC[C@H]2CO)cc1. The fourth-order valence-corrected chi connectivity index (χ4v) is 2.73. The molecule has 0 spiro atoms. The highest BCUT2D eigenvalue weighted by Gasteiger charge is 2.25. The fourth-order valence-electron chi connectivity index (χ4n) is 2.73. The Morgan fingerprint density at radius 2 is 2.12 bits per heavy atom. The van der Waals surface area contributed by atoms with Gasteiger partial charge in [0.05, 0.1) is 19.8 Å². The van der Waals surface area contributed by atoms with Crippen molar-refractivity contribution >= 4 is 23.6 Å². The highest BCUT2D eigenvalue weighted by molar-refractivity contribution is 5.92. The summed E-state index contributed by atoms with van der Waals surface area (Å²) in [4.78, 5) is 25.4. The van der Waals surface area contributed by atoms with Crippen molar-refractivity contribution in [2.45, 2.75) is 25.8 Å². The Hall–Kier alpha value is -2.18. The monoisotopic (exact) mass is 332 g/mol. The van der Waals surface area contributed by atoms with Gasteiger partial charge in [-0.3, -0.25) is 9.69 Å². The minimum absolute atomic E-state index is 0.0890. The van der Waals surface area contributed by atoms with Gasteiger partial charge in [0.15, 0.2) is 0 Å².